The predicted octanol–water partition coefficient (Wildman–Crippen LogP) is 3.63. The Morgan fingerprint density at radius 3 is 2.78 bits per heavy atom. The number of nitrogens with one attached hydrogen (secondary N) is 1. The highest BCUT2D eigenvalue weighted by atomic mass is 32.1. The summed E-state index contributed by atoms with van der Waals surface area (Å²) in [6.07, 6.45) is 0. The molecular formula is C17H16N2O3S. The molecule has 0 spiro atoms. The number of carbonyl (C=O) groups excluding carboxylic acids is 1. The van der Waals surface area contributed by atoms with Crippen LogP contribution in [0.15, 0.2) is 42.5 Å². The van der Waals surface area contributed by atoms with E-state index in [0.717, 1.165) is 10.2 Å². The maximum atomic E-state index is 12.0. The van der Waals surface area contributed by atoms with Gasteiger partial charge in [-0.1, -0.05) is 29.5 Å². The largest absolute Gasteiger partial charge is 0.493 e. The molecule has 1 heterocycles. The predicted molar refractivity (Wildman–Crippen MR) is 91.5 cm³/mol. The summed E-state index contributed by atoms with van der Waals surface area (Å²) in [6.45, 7) is 1.92. The number of nitrogens with zero attached hydrogens (tertiary/aromatic N) is 1. The molecule has 0 aliphatic heterocycles. The number of fused-ring (bicyclic) bond motifs is 1. The van der Waals surface area contributed by atoms with Crippen LogP contribution < -0.4 is 14.8 Å². The van der Waals surface area contributed by atoms with Gasteiger partial charge in [0.25, 0.3) is 5.91 Å². The number of methoxy groups -OCH3 is 1. The van der Waals surface area contributed by atoms with Gasteiger partial charge in [-0.2, -0.15) is 0 Å². The maximum absolute atomic E-state index is 12.0. The molecular weight excluding hydrogens is 312 g/mol. The quantitative estimate of drug-likeness (QED) is 0.777. The first-order valence-corrected chi connectivity index (χ1v) is 7.90. The molecule has 3 aromatic rings. The third-order valence-corrected chi connectivity index (χ3v) is 4.15. The van der Waals surface area contributed by atoms with Crippen molar-refractivity contribution in [1.82, 2.24) is 4.98 Å². The number of anilines is 1. The van der Waals surface area contributed by atoms with Crippen molar-refractivity contribution in [3.05, 3.63) is 48.0 Å². The molecule has 0 saturated heterocycles. The number of benzene rings is 2. The topological polar surface area (TPSA) is 60.5 Å². The van der Waals surface area contributed by atoms with E-state index in [-0.39, 0.29) is 12.5 Å². The van der Waals surface area contributed by atoms with E-state index >= 15 is 0 Å². The van der Waals surface area contributed by atoms with Crippen LogP contribution in [0.2, 0.25) is 0 Å². The lowest BCUT2D eigenvalue weighted by atomic mass is 10.2. The van der Waals surface area contributed by atoms with Crippen molar-refractivity contribution in [3.8, 4) is 11.5 Å². The second-order valence-electron chi connectivity index (χ2n) is 4.98. The van der Waals surface area contributed by atoms with E-state index in [1.807, 2.05) is 37.3 Å². The molecule has 3 rings (SSSR count). The zero-order chi connectivity index (χ0) is 16.2. The average molecular weight is 328 g/mol. The summed E-state index contributed by atoms with van der Waals surface area (Å²) in [5.41, 5.74) is 2.04. The molecule has 1 aromatic heterocycles. The Morgan fingerprint density at radius 1 is 1.22 bits per heavy atom. The molecule has 0 bridgehead atoms. The number of carbonyl (C=O) groups is 1. The molecule has 0 unspecified atom stereocenters. The van der Waals surface area contributed by atoms with Crippen molar-refractivity contribution in [3.63, 3.8) is 0 Å². The van der Waals surface area contributed by atoms with Gasteiger partial charge in [0.15, 0.2) is 23.2 Å². The minimum atomic E-state index is -0.258. The van der Waals surface area contributed by atoms with Gasteiger partial charge in [-0.25, -0.2) is 4.98 Å². The van der Waals surface area contributed by atoms with Crippen LogP contribution in [0.25, 0.3) is 10.2 Å². The standard InChI is InChI=1S/C17H16N2O3S/c1-11-7-8-12-15(9-11)23-17(18-12)19-16(20)10-22-14-6-4-3-5-13(14)21-2/h3-9H,10H2,1-2H3,(H,18,19,20). The van der Waals surface area contributed by atoms with Crippen molar-refractivity contribution in [1.29, 1.82) is 0 Å². The van der Waals surface area contributed by atoms with Gasteiger partial charge in [-0.05, 0) is 36.8 Å². The Bertz CT molecular complexity index is 845. The van der Waals surface area contributed by atoms with Crippen molar-refractivity contribution < 1.29 is 14.3 Å². The summed E-state index contributed by atoms with van der Waals surface area (Å²) in [5.74, 6) is 0.868. The van der Waals surface area contributed by atoms with Gasteiger partial charge in [-0.15, -0.1) is 0 Å². The normalized spacial score (nSPS) is 10.5. The molecule has 6 heteroatoms. The smallest absolute Gasteiger partial charge is 0.264 e. The molecule has 0 saturated carbocycles. The third kappa shape index (κ3) is 3.60. The fraction of sp³-hybridized carbons (Fsp3) is 0.176. The number of para-hydroxylation sites is 2. The van der Waals surface area contributed by atoms with E-state index in [4.69, 9.17) is 9.47 Å². The summed E-state index contributed by atoms with van der Waals surface area (Å²) in [7, 11) is 1.56. The highest BCUT2D eigenvalue weighted by Crippen LogP contribution is 2.27. The molecule has 23 heavy (non-hydrogen) atoms. The number of hydrogen-bond donors (Lipinski definition) is 1. The SMILES string of the molecule is COc1ccccc1OCC(=O)Nc1nc2ccc(C)cc2s1. The fourth-order valence-electron chi connectivity index (χ4n) is 2.12. The number of thiazole rings is 1. The lowest BCUT2D eigenvalue weighted by molar-refractivity contribution is -0.118. The van der Waals surface area contributed by atoms with E-state index in [1.165, 1.54) is 16.9 Å². The minimum Gasteiger partial charge on any atom is -0.493 e. The molecule has 0 aliphatic carbocycles. The molecule has 5 nitrogen and oxygen atoms in total. The monoisotopic (exact) mass is 328 g/mol. The summed E-state index contributed by atoms with van der Waals surface area (Å²) in [6, 6.07) is 13.2. The van der Waals surface area contributed by atoms with E-state index < -0.39 is 0 Å². The Kier molecular flexibility index (Phi) is 4.43. The number of aromatic nitrogens is 1. The highest BCUT2D eigenvalue weighted by molar-refractivity contribution is 7.22. The highest BCUT2D eigenvalue weighted by Gasteiger charge is 2.10. The zero-order valence-electron chi connectivity index (χ0n) is 12.8. The molecule has 118 valence electrons. The van der Waals surface area contributed by atoms with Crippen LogP contribution >= 0.6 is 11.3 Å². The van der Waals surface area contributed by atoms with Gasteiger partial charge in [0.05, 0.1) is 17.3 Å². The first-order valence-electron chi connectivity index (χ1n) is 7.08. The van der Waals surface area contributed by atoms with Crippen molar-refractivity contribution >= 4 is 32.6 Å². The van der Waals surface area contributed by atoms with Crippen molar-refractivity contribution in [2.75, 3.05) is 19.0 Å². The number of aryl methyl sites for hydroxylation is 1. The molecule has 2 aromatic carbocycles. The number of rotatable bonds is 5. The van der Waals surface area contributed by atoms with Gasteiger partial charge in [0, 0.05) is 0 Å². The summed E-state index contributed by atoms with van der Waals surface area (Å²) in [4.78, 5) is 16.4. The lowest BCUT2D eigenvalue weighted by Gasteiger charge is -2.09. The first-order chi connectivity index (χ1) is 11.2. The molecule has 0 atom stereocenters. The van der Waals surface area contributed by atoms with Crippen LogP contribution in [0.1, 0.15) is 5.56 Å². The van der Waals surface area contributed by atoms with Crippen LogP contribution in [-0.2, 0) is 4.79 Å². The van der Waals surface area contributed by atoms with E-state index in [1.54, 1.807) is 19.2 Å². The van der Waals surface area contributed by atoms with Gasteiger partial charge in [-0.3, -0.25) is 10.1 Å². The second kappa shape index (κ2) is 6.66. The number of hydrogen-bond acceptors (Lipinski definition) is 5. The number of ether oxygens (including phenoxy) is 2. The Morgan fingerprint density at radius 2 is 2.00 bits per heavy atom. The molecule has 0 aliphatic rings. The minimum absolute atomic E-state index is 0.102. The molecule has 0 radical (unpaired) electrons. The number of amides is 1. The molecule has 1 amide bonds. The van der Waals surface area contributed by atoms with Crippen LogP contribution in [-0.4, -0.2) is 24.6 Å². The second-order valence-corrected chi connectivity index (χ2v) is 6.01. The van der Waals surface area contributed by atoms with Crippen LogP contribution in [0.3, 0.4) is 0 Å². The Hall–Kier alpha value is -2.60. The first kappa shape index (κ1) is 15.3. The van der Waals surface area contributed by atoms with Gasteiger partial charge in [0.2, 0.25) is 0 Å². The van der Waals surface area contributed by atoms with E-state index in [0.29, 0.717) is 16.6 Å². The molecule has 1 N–H and O–H groups in total. The summed E-state index contributed by atoms with van der Waals surface area (Å²) < 4.78 is 11.7. The van der Waals surface area contributed by atoms with Crippen molar-refractivity contribution in [2.24, 2.45) is 0 Å². The van der Waals surface area contributed by atoms with Gasteiger partial charge >= 0.3 is 0 Å². The fourth-order valence-corrected chi connectivity index (χ4v) is 3.10. The Labute approximate surface area is 137 Å². The zero-order valence-corrected chi connectivity index (χ0v) is 13.6. The summed E-state index contributed by atoms with van der Waals surface area (Å²) in [5, 5.41) is 3.33. The van der Waals surface area contributed by atoms with E-state index in [2.05, 4.69) is 10.3 Å². The van der Waals surface area contributed by atoms with Crippen LogP contribution in [0.4, 0.5) is 5.13 Å². The Balaban J connectivity index is 1.64. The van der Waals surface area contributed by atoms with Crippen LogP contribution in [0.5, 0.6) is 11.5 Å². The third-order valence-electron chi connectivity index (χ3n) is 3.22. The van der Waals surface area contributed by atoms with Crippen molar-refractivity contribution in [2.45, 2.75) is 6.92 Å². The van der Waals surface area contributed by atoms with E-state index in [9.17, 15) is 4.79 Å². The van der Waals surface area contributed by atoms with Gasteiger partial charge < -0.3 is 9.47 Å². The van der Waals surface area contributed by atoms with Gasteiger partial charge in [0.1, 0.15) is 0 Å². The lowest BCUT2D eigenvalue weighted by Crippen LogP contribution is -2.20. The maximum Gasteiger partial charge on any atom is 0.264 e. The molecule has 0 fully saturated rings. The summed E-state index contributed by atoms with van der Waals surface area (Å²) >= 11 is 1.45. The average Bonchev–Trinajstić information content (AvgIpc) is 2.94. The van der Waals surface area contributed by atoms with Crippen LogP contribution in [0, 0.1) is 6.92 Å².